The topological polar surface area (TPSA) is 12.5 Å². The van der Waals surface area contributed by atoms with Crippen molar-refractivity contribution in [3.05, 3.63) is 12.2 Å². The lowest BCUT2D eigenvalue weighted by Gasteiger charge is -2.30. The largest absolute Gasteiger partial charge is 0.378 e. The fourth-order valence-corrected chi connectivity index (χ4v) is 1.75. The van der Waals surface area contributed by atoms with Crippen LogP contribution in [0.5, 0.6) is 0 Å². The molecule has 1 fully saturated rings. The maximum absolute atomic E-state index is 5.59. The van der Waals surface area contributed by atoms with Gasteiger partial charge in [0.1, 0.15) is 0 Å². The average molecular weight is 183 g/mol. The Morgan fingerprint density at radius 2 is 2.08 bits per heavy atom. The second-order valence-corrected chi connectivity index (χ2v) is 3.52. The molecule has 0 radical (unpaired) electrons. The van der Waals surface area contributed by atoms with Crippen LogP contribution in [0.1, 0.15) is 26.7 Å². The summed E-state index contributed by atoms with van der Waals surface area (Å²) in [5.74, 6) is 0. The van der Waals surface area contributed by atoms with Gasteiger partial charge >= 0.3 is 0 Å². The maximum atomic E-state index is 5.59. The summed E-state index contributed by atoms with van der Waals surface area (Å²) >= 11 is 0. The highest BCUT2D eigenvalue weighted by molar-refractivity contribution is 4.83. The molecule has 1 rings (SSSR count). The van der Waals surface area contributed by atoms with E-state index >= 15 is 0 Å². The Morgan fingerprint density at radius 1 is 1.38 bits per heavy atom. The Hall–Kier alpha value is -0.340. The monoisotopic (exact) mass is 183 g/mol. The number of allylic oxidation sites excluding steroid dienone is 1. The Morgan fingerprint density at radius 3 is 2.62 bits per heavy atom. The van der Waals surface area contributed by atoms with Gasteiger partial charge in [0.25, 0.3) is 0 Å². The highest BCUT2D eigenvalue weighted by Gasteiger charge is 2.17. The van der Waals surface area contributed by atoms with Gasteiger partial charge in [0.2, 0.25) is 0 Å². The first kappa shape index (κ1) is 10.7. The van der Waals surface area contributed by atoms with E-state index in [1.54, 1.807) is 0 Å². The van der Waals surface area contributed by atoms with Crippen molar-refractivity contribution < 1.29 is 4.74 Å². The fourth-order valence-electron chi connectivity index (χ4n) is 1.75. The molecule has 0 bridgehead atoms. The predicted octanol–water partition coefficient (Wildman–Crippen LogP) is 2.06. The van der Waals surface area contributed by atoms with Gasteiger partial charge in [0.05, 0.1) is 6.10 Å². The summed E-state index contributed by atoms with van der Waals surface area (Å²) in [7, 11) is 0. The zero-order valence-electron chi connectivity index (χ0n) is 8.83. The Balaban J connectivity index is 2.14. The van der Waals surface area contributed by atoms with Gasteiger partial charge < -0.3 is 4.74 Å². The van der Waals surface area contributed by atoms with Crippen molar-refractivity contribution in [3.63, 3.8) is 0 Å². The summed E-state index contributed by atoms with van der Waals surface area (Å²) in [5.41, 5.74) is 0. The molecule has 1 saturated heterocycles. The second kappa shape index (κ2) is 6.17. The summed E-state index contributed by atoms with van der Waals surface area (Å²) in [6.45, 7) is 8.50. The minimum Gasteiger partial charge on any atom is -0.378 e. The van der Waals surface area contributed by atoms with Gasteiger partial charge in [-0.25, -0.2) is 0 Å². The zero-order valence-corrected chi connectivity index (χ0v) is 8.83. The van der Waals surface area contributed by atoms with E-state index in [-0.39, 0.29) is 0 Å². The van der Waals surface area contributed by atoms with E-state index in [1.165, 1.54) is 25.9 Å². The summed E-state index contributed by atoms with van der Waals surface area (Å²) < 4.78 is 5.59. The van der Waals surface area contributed by atoms with Crippen LogP contribution in [0, 0.1) is 0 Å². The van der Waals surface area contributed by atoms with Crippen molar-refractivity contribution in [2.75, 3.05) is 26.2 Å². The third kappa shape index (κ3) is 3.92. The molecule has 0 atom stereocenters. The Bertz CT molecular complexity index is 148. The summed E-state index contributed by atoms with van der Waals surface area (Å²) in [6.07, 6.45) is 7.26. The molecule has 13 heavy (non-hydrogen) atoms. The van der Waals surface area contributed by atoms with Crippen LogP contribution in [0.4, 0.5) is 0 Å². The third-order valence-corrected chi connectivity index (χ3v) is 2.54. The van der Waals surface area contributed by atoms with Gasteiger partial charge in [-0.1, -0.05) is 12.2 Å². The number of ether oxygens (including phenoxy) is 1. The molecule has 1 heterocycles. The molecule has 76 valence electrons. The SMILES string of the molecule is C/C=C/CN1CCC(OCC)CC1. The highest BCUT2D eigenvalue weighted by Crippen LogP contribution is 2.12. The lowest BCUT2D eigenvalue weighted by atomic mass is 10.1. The Labute approximate surface area is 81.6 Å². The average Bonchev–Trinajstić information content (AvgIpc) is 2.17. The first-order chi connectivity index (χ1) is 6.36. The highest BCUT2D eigenvalue weighted by atomic mass is 16.5. The van der Waals surface area contributed by atoms with Gasteiger partial charge in [-0.05, 0) is 26.7 Å². The first-order valence-corrected chi connectivity index (χ1v) is 5.32. The quantitative estimate of drug-likeness (QED) is 0.619. The van der Waals surface area contributed by atoms with Crippen LogP contribution in [0.3, 0.4) is 0 Å². The van der Waals surface area contributed by atoms with Gasteiger partial charge in [-0.15, -0.1) is 0 Å². The third-order valence-electron chi connectivity index (χ3n) is 2.54. The van der Waals surface area contributed by atoms with Crippen molar-refractivity contribution in [1.29, 1.82) is 0 Å². The summed E-state index contributed by atoms with van der Waals surface area (Å²) in [5, 5.41) is 0. The molecule has 0 spiro atoms. The lowest BCUT2D eigenvalue weighted by molar-refractivity contribution is 0.0167. The van der Waals surface area contributed by atoms with Crippen LogP contribution in [0.15, 0.2) is 12.2 Å². The molecular weight excluding hydrogens is 162 g/mol. The molecule has 2 nitrogen and oxygen atoms in total. The van der Waals surface area contributed by atoms with E-state index in [2.05, 4.69) is 30.9 Å². The molecule has 0 aromatic carbocycles. The van der Waals surface area contributed by atoms with Crippen molar-refractivity contribution in [2.45, 2.75) is 32.8 Å². The summed E-state index contributed by atoms with van der Waals surface area (Å²) in [6, 6.07) is 0. The van der Waals surface area contributed by atoms with E-state index in [9.17, 15) is 0 Å². The molecule has 2 heteroatoms. The van der Waals surface area contributed by atoms with Gasteiger partial charge in [0, 0.05) is 26.2 Å². The number of hydrogen-bond acceptors (Lipinski definition) is 2. The second-order valence-electron chi connectivity index (χ2n) is 3.52. The van der Waals surface area contributed by atoms with Gasteiger partial charge in [0.15, 0.2) is 0 Å². The van der Waals surface area contributed by atoms with Crippen LogP contribution >= 0.6 is 0 Å². The minimum absolute atomic E-state index is 0.520. The fraction of sp³-hybridized carbons (Fsp3) is 0.818. The van der Waals surface area contributed by atoms with E-state index < -0.39 is 0 Å². The van der Waals surface area contributed by atoms with Gasteiger partial charge in [-0.2, -0.15) is 0 Å². The van der Waals surface area contributed by atoms with Crippen LogP contribution in [0.2, 0.25) is 0 Å². The molecule has 0 unspecified atom stereocenters. The maximum Gasteiger partial charge on any atom is 0.0599 e. The van der Waals surface area contributed by atoms with Crippen molar-refractivity contribution in [3.8, 4) is 0 Å². The smallest absolute Gasteiger partial charge is 0.0599 e. The van der Waals surface area contributed by atoms with Crippen LogP contribution in [0.25, 0.3) is 0 Å². The van der Waals surface area contributed by atoms with Crippen molar-refractivity contribution in [2.24, 2.45) is 0 Å². The van der Waals surface area contributed by atoms with Crippen LogP contribution in [-0.4, -0.2) is 37.2 Å². The van der Waals surface area contributed by atoms with Crippen molar-refractivity contribution in [1.82, 2.24) is 4.90 Å². The van der Waals surface area contributed by atoms with Crippen molar-refractivity contribution >= 4 is 0 Å². The summed E-state index contributed by atoms with van der Waals surface area (Å²) in [4.78, 5) is 2.48. The number of nitrogens with zero attached hydrogens (tertiary/aromatic N) is 1. The van der Waals surface area contributed by atoms with E-state index in [0.29, 0.717) is 6.10 Å². The number of rotatable bonds is 4. The molecule has 0 N–H and O–H groups in total. The van der Waals surface area contributed by atoms with Gasteiger partial charge in [-0.3, -0.25) is 4.90 Å². The van der Waals surface area contributed by atoms with E-state index in [0.717, 1.165) is 13.2 Å². The normalized spacial score (nSPS) is 21.4. The van der Waals surface area contributed by atoms with Crippen LogP contribution < -0.4 is 0 Å². The van der Waals surface area contributed by atoms with E-state index in [1.807, 2.05) is 0 Å². The molecule has 0 aliphatic carbocycles. The molecule has 0 aromatic heterocycles. The zero-order chi connectivity index (χ0) is 9.52. The molecule has 0 saturated carbocycles. The lowest BCUT2D eigenvalue weighted by Crippen LogP contribution is -2.37. The van der Waals surface area contributed by atoms with Crippen LogP contribution in [-0.2, 0) is 4.74 Å². The minimum atomic E-state index is 0.520. The number of likely N-dealkylation sites (tertiary alicyclic amines) is 1. The van der Waals surface area contributed by atoms with E-state index in [4.69, 9.17) is 4.74 Å². The Kier molecular flexibility index (Phi) is 5.09. The molecule has 1 aliphatic rings. The molecular formula is C11H21NO. The number of hydrogen-bond donors (Lipinski definition) is 0. The number of piperidine rings is 1. The molecule has 1 aliphatic heterocycles. The standard InChI is InChI=1S/C11H21NO/c1-3-5-8-12-9-6-11(7-10-12)13-4-2/h3,5,11H,4,6-10H2,1-2H3/b5-3+. The predicted molar refractivity (Wildman–Crippen MR) is 55.9 cm³/mol. The first-order valence-electron chi connectivity index (χ1n) is 5.32. The molecule has 0 amide bonds. The molecule has 0 aromatic rings.